The van der Waals surface area contributed by atoms with E-state index in [1.165, 1.54) is 48.2 Å². The van der Waals surface area contributed by atoms with Crippen molar-refractivity contribution in [2.45, 2.75) is 78.4 Å². The summed E-state index contributed by atoms with van der Waals surface area (Å²) in [5.74, 6) is 2.62. The van der Waals surface area contributed by atoms with Gasteiger partial charge in [0.15, 0.2) is 0 Å². The van der Waals surface area contributed by atoms with Crippen molar-refractivity contribution in [1.29, 1.82) is 0 Å². The van der Waals surface area contributed by atoms with E-state index in [4.69, 9.17) is 15.1 Å². The first-order valence-electron chi connectivity index (χ1n) is 10.0. The second-order valence-electron chi connectivity index (χ2n) is 7.59. The molecule has 3 heterocycles. The summed E-state index contributed by atoms with van der Waals surface area (Å²) in [5.41, 5.74) is 6.24. The molecule has 0 aromatic carbocycles. The number of aromatic nitrogens is 4. The summed E-state index contributed by atoms with van der Waals surface area (Å²) in [6.07, 6.45) is 6.13. The Morgan fingerprint density at radius 1 is 1.15 bits per heavy atom. The van der Waals surface area contributed by atoms with Gasteiger partial charge < -0.3 is 10.6 Å². The van der Waals surface area contributed by atoms with Gasteiger partial charge in [-0.3, -0.25) is 4.68 Å². The maximum atomic E-state index is 4.93. The Morgan fingerprint density at radius 2 is 1.96 bits per heavy atom. The fraction of sp³-hybridized carbons (Fsp3) is 0.650. The van der Waals surface area contributed by atoms with Crippen LogP contribution >= 0.6 is 0 Å². The van der Waals surface area contributed by atoms with Crippen LogP contribution in [0.3, 0.4) is 0 Å². The van der Waals surface area contributed by atoms with Crippen molar-refractivity contribution >= 4 is 5.82 Å². The van der Waals surface area contributed by atoms with E-state index in [0.29, 0.717) is 5.92 Å². The molecule has 0 saturated heterocycles. The fourth-order valence-corrected chi connectivity index (χ4v) is 4.44. The van der Waals surface area contributed by atoms with Crippen LogP contribution in [0.5, 0.6) is 0 Å². The van der Waals surface area contributed by atoms with Crippen LogP contribution in [0.25, 0.3) is 0 Å². The SMILES string of the molecule is CCc1c(C)nn(CCNc2nc(C3CCCC3)nc3c2CNC3)c1C. The van der Waals surface area contributed by atoms with E-state index >= 15 is 0 Å². The van der Waals surface area contributed by atoms with Crippen molar-refractivity contribution in [3.8, 4) is 0 Å². The minimum absolute atomic E-state index is 0.546. The highest BCUT2D eigenvalue weighted by atomic mass is 15.3. The number of hydrogen-bond acceptors (Lipinski definition) is 5. The van der Waals surface area contributed by atoms with Crippen LogP contribution in [-0.4, -0.2) is 26.3 Å². The Balaban J connectivity index is 1.49. The average Bonchev–Trinajstić information content (AvgIpc) is 3.36. The van der Waals surface area contributed by atoms with Gasteiger partial charge in [0.05, 0.1) is 17.9 Å². The molecular weight excluding hydrogens is 324 g/mol. The van der Waals surface area contributed by atoms with E-state index < -0.39 is 0 Å². The highest BCUT2D eigenvalue weighted by Gasteiger charge is 2.25. The predicted molar refractivity (Wildman–Crippen MR) is 103 cm³/mol. The first-order chi connectivity index (χ1) is 12.7. The van der Waals surface area contributed by atoms with Gasteiger partial charge in [-0.2, -0.15) is 5.10 Å². The lowest BCUT2D eigenvalue weighted by atomic mass is 10.1. The summed E-state index contributed by atoms with van der Waals surface area (Å²) in [4.78, 5) is 9.80. The van der Waals surface area contributed by atoms with Gasteiger partial charge in [-0.25, -0.2) is 9.97 Å². The van der Waals surface area contributed by atoms with E-state index in [1.54, 1.807) is 0 Å². The Bertz CT molecular complexity index is 788. The lowest BCUT2D eigenvalue weighted by Gasteiger charge is -2.15. The maximum Gasteiger partial charge on any atom is 0.134 e. The number of aryl methyl sites for hydroxylation is 1. The predicted octanol–water partition coefficient (Wildman–Crippen LogP) is 3.23. The first-order valence-corrected chi connectivity index (χ1v) is 10.0. The number of nitrogens with one attached hydrogen (secondary N) is 2. The molecule has 0 amide bonds. The minimum Gasteiger partial charge on any atom is -0.368 e. The van der Waals surface area contributed by atoms with Crippen LogP contribution in [0.4, 0.5) is 5.82 Å². The molecule has 0 unspecified atom stereocenters. The summed E-state index contributed by atoms with van der Waals surface area (Å²) in [7, 11) is 0. The van der Waals surface area contributed by atoms with Gasteiger partial charge in [-0.05, 0) is 38.7 Å². The molecule has 2 aromatic rings. The molecule has 2 aliphatic rings. The lowest BCUT2D eigenvalue weighted by molar-refractivity contribution is 0.612. The van der Waals surface area contributed by atoms with E-state index in [-0.39, 0.29) is 0 Å². The summed E-state index contributed by atoms with van der Waals surface area (Å²) >= 11 is 0. The van der Waals surface area contributed by atoms with Gasteiger partial charge in [0, 0.05) is 36.8 Å². The quantitative estimate of drug-likeness (QED) is 0.834. The molecule has 26 heavy (non-hydrogen) atoms. The molecule has 0 radical (unpaired) electrons. The van der Waals surface area contributed by atoms with Crippen molar-refractivity contribution in [3.63, 3.8) is 0 Å². The van der Waals surface area contributed by atoms with Crippen LogP contribution in [0.1, 0.15) is 72.6 Å². The molecule has 1 saturated carbocycles. The van der Waals surface area contributed by atoms with Gasteiger partial charge in [-0.15, -0.1) is 0 Å². The summed E-state index contributed by atoms with van der Waals surface area (Å²) in [6, 6.07) is 0. The Kier molecular flexibility index (Phi) is 4.94. The van der Waals surface area contributed by atoms with Crippen LogP contribution in [0, 0.1) is 13.8 Å². The summed E-state index contributed by atoms with van der Waals surface area (Å²) in [5, 5.41) is 11.7. The standard InChI is InChI=1S/C20H30N6/c1-4-16-13(2)25-26(14(16)3)10-9-22-20-17-11-21-12-18(17)23-19(24-20)15-7-5-6-8-15/h15,21H,4-12H2,1-3H3,(H,22,23,24). The zero-order chi connectivity index (χ0) is 18.1. The van der Waals surface area contributed by atoms with Crippen molar-refractivity contribution < 1.29 is 0 Å². The van der Waals surface area contributed by atoms with Crippen molar-refractivity contribution in [3.05, 3.63) is 34.0 Å². The second kappa shape index (κ2) is 7.35. The second-order valence-corrected chi connectivity index (χ2v) is 7.59. The number of nitrogens with zero attached hydrogens (tertiary/aromatic N) is 4. The van der Waals surface area contributed by atoms with Crippen molar-refractivity contribution in [2.75, 3.05) is 11.9 Å². The fourth-order valence-electron chi connectivity index (χ4n) is 4.44. The van der Waals surface area contributed by atoms with Gasteiger partial charge >= 0.3 is 0 Å². The third-order valence-electron chi connectivity index (χ3n) is 5.93. The van der Waals surface area contributed by atoms with Crippen LogP contribution in [0.15, 0.2) is 0 Å². The molecular formula is C20H30N6. The molecule has 1 aliphatic carbocycles. The number of hydrogen-bond donors (Lipinski definition) is 2. The lowest BCUT2D eigenvalue weighted by Crippen LogP contribution is -2.16. The highest BCUT2D eigenvalue weighted by Crippen LogP contribution is 2.34. The van der Waals surface area contributed by atoms with E-state index in [9.17, 15) is 0 Å². The molecule has 4 rings (SSSR count). The molecule has 6 heteroatoms. The summed E-state index contributed by atoms with van der Waals surface area (Å²) in [6.45, 7) is 9.89. The molecule has 2 aromatic heterocycles. The van der Waals surface area contributed by atoms with Crippen LogP contribution in [0.2, 0.25) is 0 Å². The van der Waals surface area contributed by atoms with Gasteiger partial charge in [0.2, 0.25) is 0 Å². The topological polar surface area (TPSA) is 67.7 Å². The molecule has 6 nitrogen and oxygen atoms in total. The normalized spacial score (nSPS) is 17.0. The van der Waals surface area contributed by atoms with Crippen LogP contribution in [-0.2, 0) is 26.1 Å². The van der Waals surface area contributed by atoms with Crippen molar-refractivity contribution in [2.24, 2.45) is 0 Å². The van der Waals surface area contributed by atoms with Crippen LogP contribution < -0.4 is 10.6 Å². The molecule has 0 spiro atoms. The largest absolute Gasteiger partial charge is 0.368 e. The molecule has 2 N–H and O–H groups in total. The molecule has 1 fully saturated rings. The number of fused-ring (bicyclic) bond motifs is 1. The Morgan fingerprint density at radius 3 is 2.69 bits per heavy atom. The van der Waals surface area contributed by atoms with Gasteiger partial charge in [0.25, 0.3) is 0 Å². The average molecular weight is 355 g/mol. The Labute approximate surface area is 155 Å². The molecule has 140 valence electrons. The Hall–Kier alpha value is -1.95. The third-order valence-corrected chi connectivity index (χ3v) is 5.93. The smallest absolute Gasteiger partial charge is 0.134 e. The number of anilines is 1. The van der Waals surface area contributed by atoms with Gasteiger partial charge in [0.1, 0.15) is 11.6 Å². The first kappa shape index (κ1) is 17.5. The van der Waals surface area contributed by atoms with E-state index in [0.717, 1.165) is 49.9 Å². The maximum absolute atomic E-state index is 4.93. The zero-order valence-electron chi connectivity index (χ0n) is 16.2. The zero-order valence-corrected chi connectivity index (χ0v) is 16.2. The van der Waals surface area contributed by atoms with Crippen molar-refractivity contribution in [1.82, 2.24) is 25.1 Å². The molecule has 1 aliphatic heterocycles. The minimum atomic E-state index is 0.546. The summed E-state index contributed by atoms with van der Waals surface area (Å²) < 4.78 is 2.12. The number of rotatable bonds is 6. The van der Waals surface area contributed by atoms with E-state index in [1.807, 2.05) is 0 Å². The highest BCUT2D eigenvalue weighted by molar-refractivity contribution is 5.48. The third kappa shape index (κ3) is 3.22. The monoisotopic (exact) mass is 354 g/mol. The molecule has 0 atom stereocenters. The van der Waals surface area contributed by atoms with Gasteiger partial charge in [-0.1, -0.05) is 19.8 Å². The molecule has 0 bridgehead atoms. The van der Waals surface area contributed by atoms with E-state index in [2.05, 4.69) is 36.1 Å².